The first-order valence-electron chi connectivity index (χ1n) is 10.9. The summed E-state index contributed by atoms with van der Waals surface area (Å²) >= 11 is 0. The summed E-state index contributed by atoms with van der Waals surface area (Å²) in [6.07, 6.45) is 16.2. The van der Waals surface area contributed by atoms with E-state index in [-0.39, 0.29) is 0 Å². The molecule has 8 nitrogen and oxygen atoms in total. The van der Waals surface area contributed by atoms with Crippen LogP contribution in [0.5, 0.6) is 0 Å². The smallest absolute Gasteiger partial charge is 0.145 e. The predicted octanol–water partition coefficient (Wildman–Crippen LogP) is 4.42. The van der Waals surface area contributed by atoms with Gasteiger partial charge in [-0.2, -0.15) is 0 Å². The second kappa shape index (κ2) is 7.93. The van der Waals surface area contributed by atoms with Crippen molar-refractivity contribution >= 4 is 27.6 Å². The van der Waals surface area contributed by atoms with Crippen LogP contribution >= 0.6 is 0 Å². The quantitative estimate of drug-likeness (QED) is 0.424. The van der Waals surface area contributed by atoms with Crippen molar-refractivity contribution in [3.05, 3.63) is 105 Å². The van der Waals surface area contributed by atoms with Gasteiger partial charge in [0.05, 0.1) is 29.5 Å². The van der Waals surface area contributed by atoms with E-state index in [0.717, 1.165) is 44.7 Å². The highest BCUT2D eigenvalue weighted by Crippen LogP contribution is 2.34. The molecule has 0 fully saturated rings. The molecule has 0 saturated heterocycles. The molecular weight excluding hydrogens is 424 g/mol. The minimum atomic E-state index is 0.894. The third-order valence-electron chi connectivity index (χ3n) is 5.98. The first kappa shape index (κ1) is 19.8. The fraction of sp³-hybridized carbons (Fsp3) is 0.0385. The van der Waals surface area contributed by atoms with Crippen LogP contribution in [0.1, 0.15) is 0 Å². The number of nitrogens with two attached hydrogens (primary N) is 1. The molecule has 6 aromatic rings. The van der Waals surface area contributed by atoms with Gasteiger partial charge in [0, 0.05) is 72.6 Å². The molecule has 2 N–H and O–H groups in total. The molecule has 34 heavy (non-hydrogen) atoms. The number of fused-ring (bicyclic) bond motifs is 3. The van der Waals surface area contributed by atoms with Crippen LogP contribution in [-0.2, 0) is 0 Å². The number of rotatable bonds is 5. The number of hydrogen-bond acceptors (Lipinski definition) is 5. The normalized spacial score (nSPS) is 11.7. The first-order chi connectivity index (χ1) is 16.7. The summed E-state index contributed by atoms with van der Waals surface area (Å²) in [4.78, 5) is 15.2. The van der Waals surface area contributed by atoms with E-state index in [0.29, 0.717) is 0 Å². The van der Waals surface area contributed by atoms with Gasteiger partial charge in [0.15, 0.2) is 0 Å². The SMILES string of the molecule is CN(/C=C\N)c1cc(-n2ccnc2)cc(-n2c3ccc(-n4ccnc4)cc3c3cccnc32)c1. The molecule has 0 saturated carbocycles. The molecule has 4 aromatic heterocycles. The molecule has 0 bridgehead atoms. The molecule has 0 atom stereocenters. The molecule has 0 spiro atoms. The van der Waals surface area contributed by atoms with Gasteiger partial charge in [0.1, 0.15) is 5.65 Å². The van der Waals surface area contributed by atoms with E-state index in [9.17, 15) is 0 Å². The largest absolute Gasteiger partial charge is 0.403 e. The van der Waals surface area contributed by atoms with Gasteiger partial charge in [-0.1, -0.05) is 0 Å². The Morgan fingerprint density at radius 3 is 2.32 bits per heavy atom. The summed E-state index contributed by atoms with van der Waals surface area (Å²) in [6.45, 7) is 0. The van der Waals surface area contributed by atoms with E-state index in [1.54, 1.807) is 25.0 Å². The molecule has 0 aliphatic rings. The molecule has 8 heteroatoms. The lowest BCUT2D eigenvalue weighted by molar-refractivity contribution is 1.04. The summed E-state index contributed by atoms with van der Waals surface area (Å²) in [5.41, 5.74) is 11.7. The first-order valence-corrected chi connectivity index (χ1v) is 10.9. The van der Waals surface area contributed by atoms with Crippen LogP contribution in [0.3, 0.4) is 0 Å². The van der Waals surface area contributed by atoms with Gasteiger partial charge >= 0.3 is 0 Å². The van der Waals surface area contributed by atoms with E-state index in [2.05, 4.69) is 57.0 Å². The Kier molecular flexibility index (Phi) is 4.62. The molecule has 166 valence electrons. The van der Waals surface area contributed by atoms with E-state index >= 15 is 0 Å². The van der Waals surface area contributed by atoms with Gasteiger partial charge in [-0.15, -0.1) is 0 Å². The van der Waals surface area contributed by atoms with Gasteiger partial charge in [-0.25, -0.2) is 15.0 Å². The van der Waals surface area contributed by atoms with Crippen molar-refractivity contribution in [3.63, 3.8) is 0 Å². The fourth-order valence-corrected chi connectivity index (χ4v) is 4.36. The van der Waals surface area contributed by atoms with Gasteiger partial charge in [0.2, 0.25) is 0 Å². The number of benzene rings is 2. The lowest BCUT2D eigenvalue weighted by atomic mass is 10.1. The molecule has 6 rings (SSSR count). The maximum absolute atomic E-state index is 5.68. The average Bonchev–Trinajstić information content (AvgIpc) is 3.64. The third kappa shape index (κ3) is 3.20. The Morgan fingerprint density at radius 1 is 0.824 bits per heavy atom. The Balaban J connectivity index is 1.64. The zero-order valence-electron chi connectivity index (χ0n) is 18.5. The maximum Gasteiger partial charge on any atom is 0.145 e. The van der Waals surface area contributed by atoms with E-state index in [4.69, 9.17) is 10.7 Å². The van der Waals surface area contributed by atoms with Crippen LogP contribution in [0, 0.1) is 0 Å². The minimum Gasteiger partial charge on any atom is -0.403 e. The maximum atomic E-state index is 5.68. The van der Waals surface area contributed by atoms with Crippen molar-refractivity contribution in [2.75, 3.05) is 11.9 Å². The Labute approximate surface area is 195 Å². The molecule has 0 unspecified atom stereocenters. The number of hydrogen-bond donors (Lipinski definition) is 1. The minimum absolute atomic E-state index is 0.894. The summed E-state index contributed by atoms with van der Waals surface area (Å²) < 4.78 is 6.20. The van der Waals surface area contributed by atoms with E-state index in [1.807, 2.05) is 51.9 Å². The van der Waals surface area contributed by atoms with Crippen molar-refractivity contribution in [1.82, 2.24) is 28.7 Å². The van der Waals surface area contributed by atoms with Crippen molar-refractivity contribution < 1.29 is 0 Å². The molecule has 0 aliphatic carbocycles. The predicted molar refractivity (Wildman–Crippen MR) is 135 cm³/mol. The molecule has 0 radical (unpaired) electrons. The van der Waals surface area contributed by atoms with Crippen LogP contribution in [0.4, 0.5) is 5.69 Å². The van der Waals surface area contributed by atoms with Crippen molar-refractivity contribution in [3.8, 4) is 17.1 Å². The Morgan fingerprint density at radius 2 is 1.59 bits per heavy atom. The zero-order valence-corrected chi connectivity index (χ0v) is 18.5. The van der Waals surface area contributed by atoms with Crippen molar-refractivity contribution in [2.24, 2.45) is 5.73 Å². The Bertz CT molecular complexity index is 1630. The van der Waals surface area contributed by atoms with Crippen molar-refractivity contribution in [1.29, 1.82) is 0 Å². The third-order valence-corrected chi connectivity index (χ3v) is 5.98. The molecule has 2 aromatic carbocycles. The molecular formula is C26H22N8. The highest BCUT2D eigenvalue weighted by atomic mass is 15.1. The summed E-state index contributed by atoms with van der Waals surface area (Å²) in [5, 5.41) is 2.21. The summed E-state index contributed by atoms with van der Waals surface area (Å²) in [5.74, 6) is 0. The van der Waals surface area contributed by atoms with Gasteiger partial charge in [-0.05, 0) is 48.5 Å². The topological polar surface area (TPSA) is 82.7 Å². The van der Waals surface area contributed by atoms with Crippen LogP contribution in [0.25, 0.3) is 39.0 Å². The number of imidazole rings is 2. The van der Waals surface area contributed by atoms with Gasteiger partial charge in [0.25, 0.3) is 0 Å². The van der Waals surface area contributed by atoms with E-state index in [1.165, 1.54) is 6.20 Å². The zero-order chi connectivity index (χ0) is 23.1. The number of aromatic nitrogens is 6. The standard InChI is InChI=1S/C26H22N8/c1-31(10-6-27)20-13-21(33-12-9-29-18-33)15-22(14-20)34-25-5-4-19(32-11-8-28-17-32)16-24(25)23-3-2-7-30-26(23)34/h2-18H,27H2,1H3/b10-6-. The highest BCUT2D eigenvalue weighted by molar-refractivity contribution is 6.08. The second-order valence-corrected chi connectivity index (χ2v) is 8.01. The number of anilines is 1. The Hall–Kier alpha value is -4.85. The van der Waals surface area contributed by atoms with Crippen LogP contribution < -0.4 is 10.6 Å². The van der Waals surface area contributed by atoms with Crippen LogP contribution in [0.2, 0.25) is 0 Å². The highest BCUT2D eigenvalue weighted by Gasteiger charge is 2.16. The molecule has 0 amide bonds. The van der Waals surface area contributed by atoms with Crippen LogP contribution in [0.15, 0.2) is 105 Å². The lowest BCUT2D eigenvalue weighted by Gasteiger charge is -2.18. The average molecular weight is 447 g/mol. The molecule has 0 aliphatic heterocycles. The van der Waals surface area contributed by atoms with Gasteiger partial charge in [-0.3, -0.25) is 4.57 Å². The van der Waals surface area contributed by atoms with Gasteiger partial charge < -0.3 is 19.8 Å². The summed E-state index contributed by atoms with van der Waals surface area (Å²) in [7, 11) is 1.97. The van der Waals surface area contributed by atoms with Crippen molar-refractivity contribution in [2.45, 2.75) is 0 Å². The number of pyridine rings is 1. The lowest BCUT2D eigenvalue weighted by Crippen LogP contribution is -2.10. The fourth-order valence-electron chi connectivity index (χ4n) is 4.36. The second-order valence-electron chi connectivity index (χ2n) is 8.01. The molecule has 4 heterocycles. The van der Waals surface area contributed by atoms with E-state index < -0.39 is 0 Å². The monoisotopic (exact) mass is 446 g/mol. The van der Waals surface area contributed by atoms with Crippen LogP contribution in [-0.4, -0.2) is 35.7 Å². The summed E-state index contributed by atoms with van der Waals surface area (Å²) in [6, 6.07) is 16.9. The number of nitrogens with zero attached hydrogens (tertiary/aromatic N) is 7.